The maximum absolute atomic E-state index is 9.15. The van der Waals surface area contributed by atoms with Gasteiger partial charge in [0.05, 0.1) is 11.9 Å². The number of nitrogens with zero attached hydrogens (tertiary/aromatic N) is 2. The fourth-order valence-corrected chi connectivity index (χ4v) is 1.36. The lowest BCUT2D eigenvalue weighted by Crippen LogP contribution is -2.33. The number of aromatic nitrogens is 1. The largest absolute Gasteiger partial charge is 0.396 e. The number of aliphatic hydroxyl groups excluding tert-OH is 1. The second-order valence-electron chi connectivity index (χ2n) is 4.39. The third-order valence-electron chi connectivity index (χ3n) is 2.18. The summed E-state index contributed by atoms with van der Waals surface area (Å²) in [6.45, 7) is 5.09. The molecule has 1 heterocycles. The highest BCUT2D eigenvalue weighted by atomic mass is 16.3. The average molecular weight is 194 g/mol. The quantitative estimate of drug-likeness (QED) is 0.789. The van der Waals surface area contributed by atoms with Crippen molar-refractivity contribution in [3.63, 3.8) is 0 Å². The number of anilines is 1. The zero-order chi connectivity index (χ0) is 10.6. The van der Waals surface area contributed by atoms with Crippen molar-refractivity contribution in [2.45, 2.75) is 13.8 Å². The van der Waals surface area contributed by atoms with Gasteiger partial charge in [-0.05, 0) is 12.1 Å². The lowest BCUT2D eigenvalue weighted by atomic mass is 9.94. The van der Waals surface area contributed by atoms with Gasteiger partial charge in [-0.15, -0.1) is 0 Å². The summed E-state index contributed by atoms with van der Waals surface area (Å²) in [6.07, 6.45) is 3.59. The molecular weight excluding hydrogens is 176 g/mol. The van der Waals surface area contributed by atoms with Gasteiger partial charge in [0.2, 0.25) is 0 Å². The zero-order valence-corrected chi connectivity index (χ0v) is 9.07. The first kappa shape index (κ1) is 11.0. The van der Waals surface area contributed by atoms with E-state index < -0.39 is 0 Å². The Morgan fingerprint density at radius 1 is 1.50 bits per heavy atom. The van der Waals surface area contributed by atoms with Crippen LogP contribution in [-0.2, 0) is 0 Å². The molecule has 0 saturated heterocycles. The first-order chi connectivity index (χ1) is 6.55. The normalized spacial score (nSPS) is 11.4. The molecule has 3 nitrogen and oxygen atoms in total. The molecule has 1 aromatic rings. The van der Waals surface area contributed by atoms with Crippen molar-refractivity contribution in [2.75, 3.05) is 25.1 Å². The van der Waals surface area contributed by atoms with Gasteiger partial charge < -0.3 is 10.0 Å². The van der Waals surface area contributed by atoms with Gasteiger partial charge in [0.15, 0.2) is 0 Å². The molecule has 3 heteroatoms. The molecule has 0 spiro atoms. The lowest BCUT2D eigenvalue weighted by molar-refractivity contribution is 0.165. The van der Waals surface area contributed by atoms with E-state index in [9.17, 15) is 0 Å². The van der Waals surface area contributed by atoms with E-state index in [1.54, 1.807) is 6.20 Å². The minimum absolute atomic E-state index is 0.0788. The average Bonchev–Trinajstić information content (AvgIpc) is 2.19. The molecule has 14 heavy (non-hydrogen) atoms. The van der Waals surface area contributed by atoms with E-state index in [1.165, 1.54) is 0 Å². The van der Waals surface area contributed by atoms with Crippen LogP contribution < -0.4 is 4.90 Å². The number of aliphatic hydroxyl groups is 1. The summed E-state index contributed by atoms with van der Waals surface area (Å²) in [6, 6.07) is 3.93. The van der Waals surface area contributed by atoms with Crippen molar-refractivity contribution < 1.29 is 5.11 Å². The molecule has 78 valence electrons. The highest BCUT2D eigenvalue weighted by Gasteiger charge is 2.18. The molecular formula is C11H18N2O. The van der Waals surface area contributed by atoms with Gasteiger partial charge in [-0.2, -0.15) is 0 Å². The van der Waals surface area contributed by atoms with Crippen molar-refractivity contribution in [3.8, 4) is 0 Å². The molecule has 0 aliphatic rings. The van der Waals surface area contributed by atoms with Gasteiger partial charge in [0, 0.05) is 31.8 Å². The molecule has 1 aromatic heterocycles. The van der Waals surface area contributed by atoms with Crippen LogP contribution in [-0.4, -0.2) is 30.3 Å². The first-order valence-electron chi connectivity index (χ1n) is 4.77. The van der Waals surface area contributed by atoms with Crippen molar-refractivity contribution in [1.82, 2.24) is 4.98 Å². The zero-order valence-electron chi connectivity index (χ0n) is 9.07. The van der Waals surface area contributed by atoms with Crippen LogP contribution in [0.15, 0.2) is 24.5 Å². The molecule has 0 amide bonds. The minimum Gasteiger partial charge on any atom is -0.396 e. The van der Waals surface area contributed by atoms with Crippen molar-refractivity contribution >= 4 is 5.69 Å². The third-order valence-corrected chi connectivity index (χ3v) is 2.18. The maximum atomic E-state index is 9.15. The van der Waals surface area contributed by atoms with E-state index in [4.69, 9.17) is 5.11 Å². The van der Waals surface area contributed by atoms with Crippen LogP contribution in [0.5, 0.6) is 0 Å². The van der Waals surface area contributed by atoms with Crippen LogP contribution in [0.4, 0.5) is 5.69 Å². The number of pyridine rings is 1. The number of hydrogen-bond donors (Lipinski definition) is 1. The summed E-state index contributed by atoms with van der Waals surface area (Å²) in [4.78, 5) is 6.16. The Bertz CT molecular complexity index is 272. The van der Waals surface area contributed by atoms with Gasteiger partial charge in [0.1, 0.15) is 0 Å². The number of rotatable bonds is 4. The summed E-state index contributed by atoms with van der Waals surface area (Å²) < 4.78 is 0. The Balaban J connectivity index is 2.64. The predicted octanol–water partition coefficient (Wildman–Crippen LogP) is 1.54. The van der Waals surface area contributed by atoms with E-state index in [0.29, 0.717) is 0 Å². The smallest absolute Gasteiger partial charge is 0.0550 e. The fraction of sp³-hybridized carbons (Fsp3) is 0.545. The predicted molar refractivity (Wildman–Crippen MR) is 58.4 cm³/mol. The Hall–Kier alpha value is -1.09. The lowest BCUT2D eigenvalue weighted by Gasteiger charge is -2.29. The van der Waals surface area contributed by atoms with E-state index >= 15 is 0 Å². The van der Waals surface area contributed by atoms with Gasteiger partial charge in [0.25, 0.3) is 0 Å². The Morgan fingerprint density at radius 3 is 2.71 bits per heavy atom. The van der Waals surface area contributed by atoms with Gasteiger partial charge in [-0.1, -0.05) is 13.8 Å². The summed E-state index contributed by atoms with van der Waals surface area (Å²) in [5.41, 5.74) is 0.999. The molecule has 0 saturated carbocycles. The Morgan fingerprint density at radius 2 is 2.21 bits per heavy atom. The van der Waals surface area contributed by atoms with Crippen molar-refractivity contribution in [3.05, 3.63) is 24.5 Å². The second kappa shape index (κ2) is 4.42. The summed E-state index contributed by atoms with van der Waals surface area (Å²) >= 11 is 0. The van der Waals surface area contributed by atoms with E-state index in [2.05, 4.69) is 9.88 Å². The highest BCUT2D eigenvalue weighted by Crippen LogP contribution is 2.19. The minimum atomic E-state index is -0.0788. The standard InChI is InChI=1S/C11H18N2O/c1-11(2,9-14)8-13(3)10-5-4-6-12-7-10/h4-7,14H,8-9H2,1-3H3. The van der Waals surface area contributed by atoms with Crippen LogP contribution >= 0.6 is 0 Å². The molecule has 0 radical (unpaired) electrons. The topological polar surface area (TPSA) is 36.4 Å². The molecule has 0 aliphatic heterocycles. The maximum Gasteiger partial charge on any atom is 0.0550 e. The van der Waals surface area contributed by atoms with E-state index in [1.807, 2.05) is 39.2 Å². The van der Waals surface area contributed by atoms with Crippen molar-refractivity contribution in [2.24, 2.45) is 5.41 Å². The van der Waals surface area contributed by atoms with E-state index in [0.717, 1.165) is 12.2 Å². The van der Waals surface area contributed by atoms with Gasteiger partial charge >= 0.3 is 0 Å². The molecule has 0 fully saturated rings. The van der Waals surface area contributed by atoms with Crippen LogP contribution in [0.1, 0.15) is 13.8 Å². The fourth-order valence-electron chi connectivity index (χ4n) is 1.36. The van der Waals surface area contributed by atoms with E-state index in [-0.39, 0.29) is 12.0 Å². The van der Waals surface area contributed by atoms with Crippen LogP contribution in [0, 0.1) is 5.41 Å². The monoisotopic (exact) mass is 194 g/mol. The molecule has 1 N–H and O–H groups in total. The first-order valence-corrected chi connectivity index (χ1v) is 4.77. The second-order valence-corrected chi connectivity index (χ2v) is 4.39. The Kier molecular flexibility index (Phi) is 3.47. The third kappa shape index (κ3) is 3.00. The number of hydrogen-bond acceptors (Lipinski definition) is 3. The Labute approximate surface area is 85.4 Å². The molecule has 1 rings (SSSR count). The van der Waals surface area contributed by atoms with Gasteiger partial charge in [-0.3, -0.25) is 4.98 Å². The summed E-state index contributed by atoms with van der Waals surface area (Å²) in [5, 5.41) is 9.15. The molecule has 0 unspecified atom stereocenters. The molecule has 0 aromatic carbocycles. The molecule has 0 bridgehead atoms. The van der Waals surface area contributed by atoms with Crippen LogP contribution in [0.3, 0.4) is 0 Å². The van der Waals surface area contributed by atoms with Gasteiger partial charge in [-0.25, -0.2) is 0 Å². The molecule has 0 aliphatic carbocycles. The summed E-state index contributed by atoms with van der Waals surface area (Å²) in [5.74, 6) is 0. The van der Waals surface area contributed by atoms with Crippen LogP contribution in [0.25, 0.3) is 0 Å². The highest BCUT2D eigenvalue weighted by molar-refractivity contribution is 5.42. The summed E-state index contributed by atoms with van der Waals surface area (Å²) in [7, 11) is 2.01. The van der Waals surface area contributed by atoms with Crippen molar-refractivity contribution in [1.29, 1.82) is 0 Å². The molecule has 0 atom stereocenters. The van der Waals surface area contributed by atoms with Crippen LogP contribution in [0.2, 0.25) is 0 Å². The SMILES string of the molecule is CN(CC(C)(C)CO)c1cccnc1.